The first-order valence-electron chi connectivity index (χ1n) is 9.21. The maximum atomic E-state index is 12.7. The van der Waals surface area contributed by atoms with Crippen molar-refractivity contribution in [1.82, 2.24) is 5.43 Å². The van der Waals surface area contributed by atoms with E-state index in [-0.39, 0.29) is 12.2 Å². The van der Waals surface area contributed by atoms with Crippen molar-refractivity contribution in [2.45, 2.75) is 6.61 Å². The third-order valence-electron chi connectivity index (χ3n) is 4.57. The summed E-state index contributed by atoms with van der Waals surface area (Å²) in [7, 11) is 0. The lowest BCUT2D eigenvalue weighted by molar-refractivity contribution is -0.117. The van der Waals surface area contributed by atoms with E-state index >= 15 is 0 Å². The summed E-state index contributed by atoms with van der Waals surface area (Å²) in [5, 5.41) is 2.32. The van der Waals surface area contributed by atoms with E-state index in [1.807, 2.05) is 6.07 Å². The summed E-state index contributed by atoms with van der Waals surface area (Å²) in [4.78, 5) is 25.0. The molecule has 0 atom stereocenters. The van der Waals surface area contributed by atoms with Gasteiger partial charge in [0.1, 0.15) is 17.9 Å². The lowest BCUT2D eigenvalue weighted by Crippen LogP contribution is -2.35. The number of nitrogens with zero attached hydrogens (tertiary/aromatic N) is 1. The first-order chi connectivity index (χ1) is 14.9. The number of hydrazine groups is 1. The molecule has 1 heterocycles. The van der Waals surface area contributed by atoms with Gasteiger partial charge in [-0.25, -0.2) is 5.01 Å². The molecule has 1 N–H and O–H groups in total. The molecule has 2 amide bonds. The normalized spacial score (nSPS) is 14.8. The third-order valence-corrected chi connectivity index (χ3v) is 5.78. The molecule has 156 valence electrons. The molecule has 1 saturated heterocycles. The van der Waals surface area contributed by atoms with Crippen molar-refractivity contribution in [1.29, 1.82) is 0 Å². The van der Waals surface area contributed by atoms with Crippen molar-refractivity contribution >= 4 is 62.7 Å². The molecule has 1 aliphatic heterocycles. The van der Waals surface area contributed by atoms with E-state index in [0.29, 0.717) is 31.5 Å². The van der Waals surface area contributed by atoms with E-state index in [9.17, 15) is 9.59 Å². The Morgan fingerprint density at radius 1 is 1.00 bits per heavy atom. The Kier molecular flexibility index (Phi) is 6.32. The average Bonchev–Trinajstić information content (AvgIpc) is 3.03. The zero-order chi connectivity index (χ0) is 22.0. The standard InChI is InChI=1S/C23H15BrCl2N2O3/c24-19-11-14(6-9-21(19)31-13-15-7-8-16(25)12-20(15)26)10-18-22(29)27-28(23(18)30)17-4-2-1-3-5-17/h1-12H,13H2,(H,27,29)/b18-10-. The third kappa shape index (κ3) is 4.77. The van der Waals surface area contributed by atoms with Crippen molar-refractivity contribution in [3.05, 3.63) is 97.9 Å². The number of hydrogen-bond donors (Lipinski definition) is 1. The fourth-order valence-corrected chi connectivity index (χ4v) is 3.98. The highest BCUT2D eigenvalue weighted by molar-refractivity contribution is 9.10. The van der Waals surface area contributed by atoms with Crippen molar-refractivity contribution in [2.75, 3.05) is 5.01 Å². The molecular weight excluding hydrogens is 503 g/mol. The Morgan fingerprint density at radius 3 is 2.48 bits per heavy atom. The van der Waals surface area contributed by atoms with Gasteiger partial charge in [0.15, 0.2) is 0 Å². The van der Waals surface area contributed by atoms with Crippen LogP contribution in [0.1, 0.15) is 11.1 Å². The van der Waals surface area contributed by atoms with Crippen LogP contribution in [0.2, 0.25) is 10.0 Å². The van der Waals surface area contributed by atoms with Crippen LogP contribution in [0, 0.1) is 0 Å². The predicted molar refractivity (Wildman–Crippen MR) is 125 cm³/mol. The topological polar surface area (TPSA) is 58.6 Å². The molecule has 0 saturated carbocycles. The largest absolute Gasteiger partial charge is 0.488 e. The molecule has 3 aromatic carbocycles. The number of hydrogen-bond acceptors (Lipinski definition) is 3. The summed E-state index contributed by atoms with van der Waals surface area (Å²) in [5.41, 5.74) is 4.71. The highest BCUT2D eigenvalue weighted by Crippen LogP contribution is 2.30. The molecule has 3 aromatic rings. The Morgan fingerprint density at radius 2 is 1.77 bits per heavy atom. The van der Waals surface area contributed by atoms with Crippen LogP contribution in [0.15, 0.2) is 76.8 Å². The zero-order valence-electron chi connectivity index (χ0n) is 15.9. The van der Waals surface area contributed by atoms with Crippen LogP contribution >= 0.6 is 39.1 Å². The monoisotopic (exact) mass is 516 g/mol. The second kappa shape index (κ2) is 9.14. The first kappa shape index (κ1) is 21.4. The second-order valence-electron chi connectivity index (χ2n) is 6.69. The van der Waals surface area contributed by atoms with E-state index in [1.54, 1.807) is 66.7 Å². The van der Waals surface area contributed by atoms with Gasteiger partial charge in [0, 0.05) is 15.6 Å². The maximum absolute atomic E-state index is 12.7. The number of halogens is 3. The van der Waals surface area contributed by atoms with E-state index in [1.165, 1.54) is 5.01 Å². The number of benzene rings is 3. The summed E-state index contributed by atoms with van der Waals surface area (Å²) < 4.78 is 6.51. The van der Waals surface area contributed by atoms with Crippen LogP contribution in [0.25, 0.3) is 6.08 Å². The second-order valence-corrected chi connectivity index (χ2v) is 8.39. The fourth-order valence-electron chi connectivity index (χ4n) is 3.00. The van der Waals surface area contributed by atoms with Gasteiger partial charge in [0.05, 0.1) is 10.2 Å². The van der Waals surface area contributed by atoms with E-state index < -0.39 is 11.8 Å². The summed E-state index contributed by atoms with van der Waals surface area (Å²) in [6.07, 6.45) is 1.55. The van der Waals surface area contributed by atoms with E-state index in [4.69, 9.17) is 27.9 Å². The summed E-state index contributed by atoms with van der Waals surface area (Å²) in [6.45, 7) is 0.266. The van der Waals surface area contributed by atoms with Crippen molar-refractivity contribution < 1.29 is 14.3 Å². The van der Waals surface area contributed by atoms with Gasteiger partial charge < -0.3 is 4.74 Å². The SMILES string of the molecule is O=C1NN(c2ccccc2)C(=O)/C1=C\c1ccc(OCc2ccc(Cl)cc2Cl)c(Br)c1. The molecule has 31 heavy (non-hydrogen) atoms. The Balaban J connectivity index is 1.50. The van der Waals surface area contributed by atoms with Gasteiger partial charge in [-0.2, -0.15) is 0 Å². The molecule has 1 fully saturated rings. The van der Waals surface area contributed by atoms with E-state index in [2.05, 4.69) is 21.4 Å². The van der Waals surface area contributed by atoms with Crippen molar-refractivity contribution in [3.63, 3.8) is 0 Å². The minimum absolute atomic E-state index is 0.0531. The first-order valence-corrected chi connectivity index (χ1v) is 10.8. The molecule has 0 aliphatic carbocycles. The molecule has 0 spiro atoms. The minimum atomic E-state index is -0.456. The highest BCUT2D eigenvalue weighted by Gasteiger charge is 2.34. The van der Waals surface area contributed by atoms with Crippen LogP contribution in [0.3, 0.4) is 0 Å². The number of para-hydroxylation sites is 1. The summed E-state index contributed by atoms with van der Waals surface area (Å²) in [5.74, 6) is -0.269. The maximum Gasteiger partial charge on any atom is 0.282 e. The van der Waals surface area contributed by atoms with Gasteiger partial charge in [-0.15, -0.1) is 0 Å². The van der Waals surface area contributed by atoms with Gasteiger partial charge >= 0.3 is 0 Å². The molecule has 4 rings (SSSR count). The van der Waals surface area contributed by atoms with Crippen LogP contribution < -0.4 is 15.2 Å². The van der Waals surface area contributed by atoms with Gasteiger partial charge in [0.2, 0.25) is 0 Å². The lowest BCUT2D eigenvalue weighted by atomic mass is 10.1. The minimum Gasteiger partial charge on any atom is -0.488 e. The fraction of sp³-hybridized carbons (Fsp3) is 0.0435. The number of carbonyl (C=O) groups is 2. The lowest BCUT2D eigenvalue weighted by Gasteiger charge is -2.13. The van der Waals surface area contributed by atoms with Gasteiger partial charge in [-0.05, 0) is 64.0 Å². The van der Waals surface area contributed by atoms with Gasteiger partial charge in [-0.1, -0.05) is 53.5 Å². The molecule has 1 aliphatic rings. The molecular formula is C23H15BrCl2N2O3. The van der Waals surface area contributed by atoms with Crippen LogP contribution in [-0.2, 0) is 16.2 Å². The Hall–Kier alpha value is -2.80. The molecule has 0 unspecified atom stereocenters. The molecule has 8 heteroatoms. The van der Waals surface area contributed by atoms with Crippen molar-refractivity contribution in [3.8, 4) is 5.75 Å². The molecule has 5 nitrogen and oxygen atoms in total. The average molecular weight is 518 g/mol. The van der Waals surface area contributed by atoms with Crippen LogP contribution in [0.5, 0.6) is 5.75 Å². The van der Waals surface area contributed by atoms with Gasteiger partial charge in [0.25, 0.3) is 11.8 Å². The summed E-state index contributed by atoms with van der Waals surface area (Å²) in [6, 6.07) is 19.4. The van der Waals surface area contributed by atoms with Crippen LogP contribution in [-0.4, -0.2) is 11.8 Å². The van der Waals surface area contributed by atoms with Crippen molar-refractivity contribution in [2.24, 2.45) is 0 Å². The zero-order valence-corrected chi connectivity index (χ0v) is 19.0. The number of anilines is 1. The number of carbonyl (C=O) groups excluding carboxylic acids is 2. The quantitative estimate of drug-likeness (QED) is 0.344. The number of ether oxygens (including phenoxy) is 1. The Bertz CT molecular complexity index is 1200. The number of amides is 2. The molecule has 0 radical (unpaired) electrons. The Labute approximate surface area is 197 Å². The number of nitrogens with one attached hydrogen (secondary N) is 1. The highest BCUT2D eigenvalue weighted by atomic mass is 79.9. The van der Waals surface area contributed by atoms with Crippen LogP contribution in [0.4, 0.5) is 5.69 Å². The molecule has 0 bridgehead atoms. The molecule has 0 aromatic heterocycles. The van der Waals surface area contributed by atoms with Gasteiger partial charge in [-0.3, -0.25) is 15.0 Å². The van der Waals surface area contributed by atoms with E-state index in [0.717, 1.165) is 5.56 Å². The predicted octanol–water partition coefficient (Wildman–Crippen LogP) is 5.80. The smallest absolute Gasteiger partial charge is 0.282 e. The number of rotatable bonds is 5. The summed E-state index contributed by atoms with van der Waals surface area (Å²) >= 11 is 15.6.